The fourth-order valence-electron chi connectivity index (χ4n) is 11.7. The molecule has 8 aromatic rings. The summed E-state index contributed by atoms with van der Waals surface area (Å²) in [5.74, 6) is -0.0689. The summed E-state index contributed by atoms with van der Waals surface area (Å²) < 4.78 is 16.2. The van der Waals surface area contributed by atoms with E-state index in [1.807, 2.05) is 60.7 Å². The number of aliphatic carboxylic acids is 3. The first-order valence-electron chi connectivity index (χ1n) is 29.6. The van der Waals surface area contributed by atoms with Gasteiger partial charge >= 0.3 is 0 Å². The van der Waals surface area contributed by atoms with Gasteiger partial charge in [-0.05, 0) is 126 Å². The fraction of sp³-hybridized carbons (Fsp3) is 0.391. The second kappa shape index (κ2) is 30.8. The molecule has 0 radical (unpaired) electrons. The number of carbonyl (C=O) groups excluding carboxylic acids is 1. The maximum atomic E-state index is 11.9. The van der Waals surface area contributed by atoms with Crippen molar-refractivity contribution in [2.45, 2.75) is 96.3 Å². The van der Waals surface area contributed by atoms with E-state index in [1.54, 1.807) is 36.4 Å². The Hall–Kier alpha value is -9.61. The number of nitriles is 1. The summed E-state index contributed by atoms with van der Waals surface area (Å²) >= 11 is 0. The van der Waals surface area contributed by atoms with Crippen LogP contribution in [-0.2, 0) is 14.4 Å². The highest BCUT2D eigenvalue weighted by Crippen LogP contribution is 2.40. The van der Waals surface area contributed by atoms with Gasteiger partial charge in [-0.2, -0.15) is 15.5 Å². The van der Waals surface area contributed by atoms with Gasteiger partial charge in [0, 0.05) is 96.3 Å². The van der Waals surface area contributed by atoms with E-state index in [9.17, 15) is 10.1 Å². The Labute approximate surface area is 516 Å². The number of aromatic nitrogens is 8. The molecule has 0 unspecified atom stereocenters. The number of nitrogen functional groups attached to an aromatic ring is 2. The van der Waals surface area contributed by atoms with E-state index in [0.717, 1.165) is 156 Å². The second-order valence-corrected chi connectivity index (χ2v) is 22.4. The van der Waals surface area contributed by atoms with Gasteiger partial charge in [-0.25, -0.2) is 29.3 Å². The number of benzene rings is 4. The molecular formula is C64H78N16O9. The molecule has 9 N–H and O–H groups in total. The number of piperazine rings is 2. The molecule has 468 valence electrons. The largest absolute Gasteiger partial charge is 0.481 e. The lowest BCUT2D eigenvalue weighted by molar-refractivity contribution is -0.135. The van der Waals surface area contributed by atoms with Crippen molar-refractivity contribution in [1.29, 1.82) is 5.26 Å². The van der Waals surface area contributed by atoms with Gasteiger partial charge in [0.15, 0.2) is 11.3 Å². The number of amides is 1. The number of carboxylic acids is 3. The molecule has 25 heteroatoms. The van der Waals surface area contributed by atoms with Crippen molar-refractivity contribution in [2.75, 3.05) is 77.9 Å². The zero-order chi connectivity index (χ0) is 63.7. The number of carbonyl (C=O) groups is 4. The average Bonchev–Trinajstić information content (AvgIpc) is 1.67. The average molecular weight is 1220 g/mol. The maximum absolute atomic E-state index is 11.9. The molecule has 2 aliphatic heterocycles. The fourth-order valence-corrected chi connectivity index (χ4v) is 11.7. The van der Waals surface area contributed by atoms with Gasteiger partial charge in [0.25, 0.3) is 23.8 Å². The van der Waals surface area contributed by atoms with E-state index < -0.39 is 23.8 Å². The van der Waals surface area contributed by atoms with Crippen molar-refractivity contribution >= 4 is 57.5 Å². The molecule has 4 aromatic heterocycles. The number of para-hydroxylation sites is 2. The lowest BCUT2D eigenvalue weighted by Gasteiger charge is -2.41. The Morgan fingerprint density at radius 2 is 0.933 bits per heavy atom. The normalized spacial score (nSPS) is 18.8. The van der Waals surface area contributed by atoms with E-state index in [1.165, 1.54) is 25.5 Å². The first-order chi connectivity index (χ1) is 42.8. The summed E-state index contributed by atoms with van der Waals surface area (Å²) in [5, 5.41) is 43.3. The van der Waals surface area contributed by atoms with Gasteiger partial charge in [-0.3, -0.25) is 29.0 Å². The number of carboxylic acid groups (broad SMARTS) is 3. The molecule has 6 heterocycles. The standard InChI is InChI=1S/C29H34N8O2.C29H32N8O.3C2H4O2/c1-35-13-15-36(16-14-35)20-9-11-21(12-10-20)37-29-25(27(30)32-18-33-29)26(34-37)19-5-4-6-22(17-19)39-24-8-3-2-7-23(24)28(31)38;1-35-14-16-36(17-15-35)22-8-10-23(11-9-22)37-29-26(28(31)32-19-33-29)27(34-37)20-6-12-24(13-7-20)38-25-5-3-2-4-21(25)18-30;3*1-2(3)4/h2-8,17-18,20-21H,9-16H2,1H3,(H2,31,38)(H2,30,32,33);2-7,12-13,19,22-23H,8-11,14-17H2,1H3,(H2,31,32,33);3*1H3,(H,3,4). The van der Waals surface area contributed by atoms with Crippen LogP contribution in [0.3, 0.4) is 0 Å². The molecule has 0 spiro atoms. The molecular weight excluding hydrogens is 1140 g/mol. The monoisotopic (exact) mass is 1210 g/mol. The Morgan fingerprint density at radius 1 is 0.517 bits per heavy atom. The zero-order valence-electron chi connectivity index (χ0n) is 50.9. The number of anilines is 2. The molecule has 4 aliphatic rings. The topological polar surface area (TPSA) is 349 Å². The number of hydrogen-bond acceptors (Lipinski definition) is 19. The molecule has 2 saturated heterocycles. The summed E-state index contributed by atoms with van der Waals surface area (Å²) in [6, 6.07) is 33.4. The molecule has 0 bridgehead atoms. The van der Waals surface area contributed by atoms with Crippen molar-refractivity contribution in [3.63, 3.8) is 0 Å². The van der Waals surface area contributed by atoms with Crippen LogP contribution in [0.15, 0.2) is 110 Å². The number of fused-ring (bicyclic) bond motifs is 2. The summed E-state index contributed by atoms with van der Waals surface area (Å²) in [4.78, 5) is 66.8. The van der Waals surface area contributed by atoms with Gasteiger partial charge in [-0.15, -0.1) is 0 Å². The molecule has 12 rings (SSSR count). The van der Waals surface area contributed by atoms with Crippen LogP contribution in [0.4, 0.5) is 11.6 Å². The van der Waals surface area contributed by atoms with Crippen LogP contribution in [0.5, 0.6) is 23.0 Å². The molecule has 89 heavy (non-hydrogen) atoms. The molecule has 25 nitrogen and oxygen atoms in total. The minimum atomic E-state index is -0.833. The number of rotatable bonds is 11. The van der Waals surface area contributed by atoms with Crippen LogP contribution < -0.4 is 26.7 Å². The molecule has 2 saturated carbocycles. The smallest absolute Gasteiger partial charge is 0.300 e. The molecule has 0 atom stereocenters. The van der Waals surface area contributed by atoms with Gasteiger partial charge in [0.2, 0.25) is 0 Å². The molecule has 4 aromatic carbocycles. The van der Waals surface area contributed by atoms with E-state index in [2.05, 4.69) is 69.1 Å². The third kappa shape index (κ3) is 17.3. The van der Waals surface area contributed by atoms with Crippen LogP contribution in [-0.4, -0.2) is 177 Å². The molecule has 2 aliphatic carbocycles. The van der Waals surface area contributed by atoms with Crippen molar-refractivity contribution in [2.24, 2.45) is 5.73 Å². The van der Waals surface area contributed by atoms with E-state index in [0.29, 0.717) is 57.8 Å². The highest BCUT2D eigenvalue weighted by molar-refractivity contribution is 5.99. The number of hydrogen-bond donors (Lipinski definition) is 6. The third-order valence-corrected chi connectivity index (χ3v) is 16.0. The predicted molar refractivity (Wildman–Crippen MR) is 337 cm³/mol. The van der Waals surface area contributed by atoms with Crippen molar-refractivity contribution in [3.05, 3.63) is 121 Å². The number of primary amides is 1. The zero-order valence-corrected chi connectivity index (χ0v) is 50.9. The van der Waals surface area contributed by atoms with Crippen LogP contribution in [0.25, 0.3) is 44.6 Å². The van der Waals surface area contributed by atoms with Crippen LogP contribution in [0, 0.1) is 11.3 Å². The van der Waals surface area contributed by atoms with Crippen molar-refractivity contribution in [1.82, 2.24) is 59.1 Å². The summed E-state index contributed by atoms with van der Waals surface area (Å²) in [7, 11) is 4.40. The van der Waals surface area contributed by atoms with E-state index in [-0.39, 0.29) is 12.1 Å². The summed E-state index contributed by atoms with van der Waals surface area (Å²) in [6.07, 6.45) is 11.9. The highest BCUT2D eigenvalue weighted by Gasteiger charge is 2.33. The second-order valence-electron chi connectivity index (χ2n) is 22.4. The summed E-state index contributed by atoms with van der Waals surface area (Å²) in [6.45, 7) is 12.4. The molecule has 4 fully saturated rings. The quantitative estimate of drug-likeness (QED) is 0.0707. The molecule has 1 amide bonds. The lowest BCUT2D eigenvalue weighted by Crippen LogP contribution is -2.49. The summed E-state index contributed by atoms with van der Waals surface area (Å²) in [5.41, 5.74) is 23.9. The minimum Gasteiger partial charge on any atom is -0.481 e. The first-order valence-corrected chi connectivity index (χ1v) is 29.6. The highest BCUT2D eigenvalue weighted by atomic mass is 16.5. The van der Waals surface area contributed by atoms with Crippen molar-refractivity contribution < 1.29 is 44.0 Å². The third-order valence-electron chi connectivity index (χ3n) is 16.0. The van der Waals surface area contributed by atoms with Crippen LogP contribution in [0.2, 0.25) is 0 Å². The minimum absolute atomic E-state index is 0.251. The van der Waals surface area contributed by atoms with Crippen LogP contribution in [0.1, 0.15) is 100 Å². The van der Waals surface area contributed by atoms with Gasteiger partial charge < -0.3 is 51.8 Å². The Bertz CT molecular complexity index is 3700. The Morgan fingerprint density at radius 3 is 1.39 bits per heavy atom. The first kappa shape index (κ1) is 65.4. The number of nitrogens with zero attached hydrogens (tertiary/aromatic N) is 13. The SMILES string of the molecule is CC(=O)O.CC(=O)O.CC(=O)O.CN1CCN(C2CCC(n3nc(-c4ccc(Oc5ccccc5C#N)cc4)c4c(N)ncnc43)CC2)CC1.CN1CCN(C2CCC(n3nc(-c4cccc(Oc5ccccc5C(N)=O)c4)c4c(N)ncnc43)CC2)CC1. The van der Waals surface area contributed by atoms with E-state index in [4.69, 9.17) is 66.6 Å². The predicted octanol–water partition coefficient (Wildman–Crippen LogP) is 8.44. The Balaban J connectivity index is 0.000000195. The number of ether oxygens (including phenoxy) is 2. The Kier molecular flexibility index (Phi) is 22.6. The maximum Gasteiger partial charge on any atom is 0.300 e. The number of nitrogens with two attached hydrogens (primary N) is 3. The van der Waals surface area contributed by atoms with Crippen molar-refractivity contribution in [3.8, 4) is 51.6 Å². The van der Waals surface area contributed by atoms with Crippen LogP contribution >= 0.6 is 0 Å². The lowest BCUT2D eigenvalue weighted by atomic mass is 9.90. The van der Waals surface area contributed by atoms with Gasteiger partial charge in [-0.1, -0.05) is 36.4 Å². The number of likely N-dealkylation sites (N-methyl/N-ethyl adjacent to an activating group) is 2. The van der Waals surface area contributed by atoms with Gasteiger partial charge in [0.1, 0.15) is 64.7 Å². The van der Waals surface area contributed by atoms with E-state index >= 15 is 0 Å². The van der Waals surface area contributed by atoms with Gasteiger partial charge in [0.05, 0.1) is 34.0 Å².